The summed E-state index contributed by atoms with van der Waals surface area (Å²) in [5, 5.41) is 14.3. The van der Waals surface area contributed by atoms with E-state index in [2.05, 4.69) is 24.1 Å². The van der Waals surface area contributed by atoms with Gasteiger partial charge in [-0.05, 0) is 64.8 Å². The fourth-order valence-electron chi connectivity index (χ4n) is 2.98. The van der Waals surface area contributed by atoms with Crippen molar-refractivity contribution in [2.75, 3.05) is 24.5 Å². The van der Waals surface area contributed by atoms with Gasteiger partial charge in [-0.2, -0.15) is 0 Å². The summed E-state index contributed by atoms with van der Waals surface area (Å²) in [4.78, 5) is 13.0. The SMILES string of the molecule is Cc1cc(N(CC2CCNCC2)C(C)C)ccc1[N+](=O)[O-]. The second kappa shape index (κ2) is 6.89. The lowest BCUT2D eigenvalue weighted by molar-refractivity contribution is -0.385. The molecule has 0 aliphatic carbocycles. The van der Waals surface area contributed by atoms with E-state index < -0.39 is 0 Å². The Morgan fingerprint density at radius 3 is 2.57 bits per heavy atom. The molecule has 1 N–H and O–H groups in total. The number of aryl methyl sites for hydroxylation is 1. The summed E-state index contributed by atoms with van der Waals surface area (Å²) in [5.41, 5.74) is 2.02. The van der Waals surface area contributed by atoms with Crippen molar-refractivity contribution in [1.82, 2.24) is 5.32 Å². The number of rotatable bonds is 5. The van der Waals surface area contributed by atoms with Gasteiger partial charge < -0.3 is 10.2 Å². The van der Waals surface area contributed by atoms with Crippen molar-refractivity contribution in [3.05, 3.63) is 33.9 Å². The Kier molecular flexibility index (Phi) is 5.17. The van der Waals surface area contributed by atoms with Gasteiger partial charge in [0, 0.05) is 29.9 Å². The van der Waals surface area contributed by atoms with Crippen LogP contribution in [0.25, 0.3) is 0 Å². The molecule has 0 radical (unpaired) electrons. The first kappa shape index (κ1) is 15.8. The molecule has 1 aromatic rings. The largest absolute Gasteiger partial charge is 0.369 e. The van der Waals surface area contributed by atoms with Crippen molar-refractivity contribution in [2.45, 2.75) is 39.7 Å². The van der Waals surface area contributed by atoms with Crippen LogP contribution in [0.3, 0.4) is 0 Å². The zero-order chi connectivity index (χ0) is 15.4. The van der Waals surface area contributed by atoms with E-state index in [1.165, 1.54) is 12.8 Å². The number of hydrogen-bond donors (Lipinski definition) is 1. The average Bonchev–Trinajstić information content (AvgIpc) is 2.45. The van der Waals surface area contributed by atoms with Gasteiger partial charge in [0.1, 0.15) is 0 Å². The fraction of sp³-hybridized carbons (Fsp3) is 0.625. The van der Waals surface area contributed by atoms with Crippen molar-refractivity contribution in [3.8, 4) is 0 Å². The molecule has 5 nitrogen and oxygen atoms in total. The van der Waals surface area contributed by atoms with Crippen molar-refractivity contribution >= 4 is 11.4 Å². The van der Waals surface area contributed by atoms with Crippen LogP contribution >= 0.6 is 0 Å². The molecule has 1 aliphatic rings. The Bertz CT molecular complexity index is 496. The smallest absolute Gasteiger partial charge is 0.272 e. The summed E-state index contributed by atoms with van der Waals surface area (Å²) in [7, 11) is 0. The summed E-state index contributed by atoms with van der Waals surface area (Å²) in [5.74, 6) is 0.698. The molecule has 0 bridgehead atoms. The van der Waals surface area contributed by atoms with Gasteiger partial charge in [0.25, 0.3) is 5.69 Å². The van der Waals surface area contributed by atoms with Crippen LogP contribution in [0.15, 0.2) is 18.2 Å². The van der Waals surface area contributed by atoms with E-state index >= 15 is 0 Å². The first-order chi connectivity index (χ1) is 9.99. The van der Waals surface area contributed by atoms with Crippen LogP contribution in [0.2, 0.25) is 0 Å². The van der Waals surface area contributed by atoms with Crippen molar-refractivity contribution < 1.29 is 4.92 Å². The number of nitro groups is 1. The highest BCUT2D eigenvalue weighted by atomic mass is 16.6. The maximum Gasteiger partial charge on any atom is 0.272 e. The topological polar surface area (TPSA) is 58.4 Å². The first-order valence-electron chi connectivity index (χ1n) is 7.71. The van der Waals surface area contributed by atoms with E-state index in [4.69, 9.17) is 0 Å². The Balaban J connectivity index is 2.17. The van der Waals surface area contributed by atoms with Gasteiger partial charge in [-0.1, -0.05) is 0 Å². The fourth-order valence-corrected chi connectivity index (χ4v) is 2.98. The predicted molar refractivity (Wildman–Crippen MR) is 85.9 cm³/mol. The third kappa shape index (κ3) is 3.94. The normalized spacial score (nSPS) is 16.2. The quantitative estimate of drug-likeness (QED) is 0.669. The monoisotopic (exact) mass is 291 g/mol. The summed E-state index contributed by atoms with van der Waals surface area (Å²) < 4.78 is 0. The van der Waals surface area contributed by atoms with Gasteiger partial charge in [-0.25, -0.2) is 0 Å². The van der Waals surface area contributed by atoms with Crippen molar-refractivity contribution in [2.24, 2.45) is 5.92 Å². The standard InChI is InChI=1S/C16H25N3O2/c1-12(2)18(11-14-6-8-17-9-7-14)15-4-5-16(19(20)21)13(3)10-15/h4-5,10,12,14,17H,6-9,11H2,1-3H3. The number of benzene rings is 1. The third-order valence-electron chi connectivity index (χ3n) is 4.25. The van der Waals surface area contributed by atoms with Crippen LogP contribution in [0.4, 0.5) is 11.4 Å². The molecule has 0 saturated carbocycles. The lowest BCUT2D eigenvalue weighted by Crippen LogP contribution is -2.39. The number of piperidine rings is 1. The van der Waals surface area contributed by atoms with Gasteiger partial charge in [0.05, 0.1) is 4.92 Å². The zero-order valence-corrected chi connectivity index (χ0v) is 13.1. The summed E-state index contributed by atoms with van der Waals surface area (Å²) >= 11 is 0. The molecule has 21 heavy (non-hydrogen) atoms. The molecule has 1 heterocycles. The molecule has 1 fully saturated rings. The molecule has 0 spiro atoms. The van der Waals surface area contributed by atoms with E-state index in [-0.39, 0.29) is 10.6 Å². The third-order valence-corrected chi connectivity index (χ3v) is 4.25. The van der Waals surface area contributed by atoms with Crippen LogP contribution in [-0.4, -0.2) is 30.6 Å². The van der Waals surface area contributed by atoms with Gasteiger partial charge in [-0.15, -0.1) is 0 Å². The minimum Gasteiger partial charge on any atom is -0.369 e. The molecular weight excluding hydrogens is 266 g/mol. The van der Waals surface area contributed by atoms with Crippen LogP contribution < -0.4 is 10.2 Å². The maximum absolute atomic E-state index is 10.9. The molecule has 0 unspecified atom stereocenters. The molecular formula is C16H25N3O2. The predicted octanol–water partition coefficient (Wildman–Crippen LogP) is 3.12. The second-order valence-electron chi connectivity index (χ2n) is 6.17. The van der Waals surface area contributed by atoms with Gasteiger partial charge in [-0.3, -0.25) is 10.1 Å². The number of nitro benzene ring substituents is 1. The Hall–Kier alpha value is -1.62. The van der Waals surface area contributed by atoms with Crippen LogP contribution in [-0.2, 0) is 0 Å². The van der Waals surface area contributed by atoms with Crippen LogP contribution in [0.5, 0.6) is 0 Å². The molecule has 1 aliphatic heterocycles. The van der Waals surface area contributed by atoms with Crippen LogP contribution in [0, 0.1) is 23.0 Å². The minimum absolute atomic E-state index is 0.198. The number of anilines is 1. The highest BCUT2D eigenvalue weighted by Gasteiger charge is 2.20. The Labute approximate surface area is 126 Å². The number of nitrogens with one attached hydrogen (secondary N) is 1. The summed E-state index contributed by atoms with van der Waals surface area (Å²) in [6, 6.07) is 5.84. The van der Waals surface area contributed by atoms with E-state index in [0.717, 1.165) is 30.9 Å². The lowest BCUT2D eigenvalue weighted by Gasteiger charge is -2.34. The number of hydrogen-bond acceptors (Lipinski definition) is 4. The van der Waals surface area contributed by atoms with Gasteiger partial charge in [0.15, 0.2) is 0 Å². The van der Waals surface area contributed by atoms with Crippen molar-refractivity contribution in [3.63, 3.8) is 0 Å². The maximum atomic E-state index is 10.9. The summed E-state index contributed by atoms with van der Waals surface area (Å²) in [6.07, 6.45) is 2.41. The summed E-state index contributed by atoms with van der Waals surface area (Å²) in [6.45, 7) is 9.38. The van der Waals surface area contributed by atoms with Gasteiger partial charge >= 0.3 is 0 Å². The first-order valence-corrected chi connectivity index (χ1v) is 7.71. The van der Waals surface area contributed by atoms with Gasteiger partial charge in [0.2, 0.25) is 0 Å². The Morgan fingerprint density at radius 2 is 2.05 bits per heavy atom. The lowest BCUT2D eigenvalue weighted by atomic mass is 9.96. The molecule has 5 heteroatoms. The molecule has 1 aromatic carbocycles. The van der Waals surface area contributed by atoms with E-state index in [9.17, 15) is 10.1 Å². The molecule has 0 atom stereocenters. The minimum atomic E-state index is -0.314. The number of nitrogens with zero attached hydrogens (tertiary/aromatic N) is 2. The van der Waals surface area contributed by atoms with Crippen LogP contribution in [0.1, 0.15) is 32.3 Å². The average molecular weight is 291 g/mol. The molecule has 2 rings (SSSR count). The Morgan fingerprint density at radius 1 is 1.38 bits per heavy atom. The second-order valence-corrected chi connectivity index (χ2v) is 6.17. The van der Waals surface area contributed by atoms with Crippen molar-refractivity contribution in [1.29, 1.82) is 0 Å². The highest BCUT2D eigenvalue weighted by Crippen LogP contribution is 2.27. The highest BCUT2D eigenvalue weighted by molar-refractivity contribution is 5.55. The molecule has 116 valence electrons. The van der Waals surface area contributed by atoms with E-state index in [1.807, 2.05) is 19.1 Å². The zero-order valence-electron chi connectivity index (χ0n) is 13.1. The molecule has 0 aromatic heterocycles. The molecule has 0 amide bonds. The van der Waals surface area contributed by atoms with E-state index in [1.54, 1.807) is 6.07 Å². The van der Waals surface area contributed by atoms with E-state index in [0.29, 0.717) is 12.0 Å². The molecule has 1 saturated heterocycles.